The lowest BCUT2D eigenvalue weighted by atomic mass is 9.75. The third kappa shape index (κ3) is 6.53. The fourth-order valence-electron chi connectivity index (χ4n) is 3.08. The molecule has 1 fully saturated rings. The predicted molar refractivity (Wildman–Crippen MR) is 92.2 cm³/mol. The predicted octanol–water partition coefficient (Wildman–Crippen LogP) is 0.370. The molecule has 148 valence electrons. The van der Waals surface area contributed by atoms with E-state index in [9.17, 15) is 9.59 Å². The molecule has 0 aromatic heterocycles. The number of aliphatic hydroxyl groups is 2. The SMILES string of the molecule is C=CC(=O)OC1C(COCCO)CCCC1(COCCO)OC(=O)C=C. The van der Waals surface area contributed by atoms with Gasteiger partial charge in [-0.1, -0.05) is 13.2 Å². The Labute approximate surface area is 153 Å². The molecule has 0 aromatic rings. The van der Waals surface area contributed by atoms with Crippen molar-refractivity contribution in [3.63, 3.8) is 0 Å². The van der Waals surface area contributed by atoms with Gasteiger partial charge in [0.1, 0.15) is 6.10 Å². The lowest BCUT2D eigenvalue weighted by molar-refractivity contribution is -0.213. The summed E-state index contributed by atoms with van der Waals surface area (Å²) in [5.74, 6) is -1.56. The molecule has 0 saturated heterocycles. The van der Waals surface area contributed by atoms with Gasteiger partial charge >= 0.3 is 11.9 Å². The van der Waals surface area contributed by atoms with Crippen LogP contribution in [0.5, 0.6) is 0 Å². The second-order valence-electron chi connectivity index (χ2n) is 5.98. The van der Waals surface area contributed by atoms with Gasteiger partial charge < -0.3 is 29.2 Å². The van der Waals surface area contributed by atoms with E-state index in [4.69, 9.17) is 29.2 Å². The summed E-state index contributed by atoms with van der Waals surface area (Å²) >= 11 is 0. The number of rotatable bonds is 12. The molecule has 0 radical (unpaired) electrons. The van der Waals surface area contributed by atoms with Crippen LogP contribution in [0.4, 0.5) is 0 Å². The molecule has 2 N–H and O–H groups in total. The summed E-state index contributed by atoms with van der Waals surface area (Å²) in [7, 11) is 0. The van der Waals surface area contributed by atoms with Crippen LogP contribution in [0.1, 0.15) is 19.3 Å². The highest BCUT2D eigenvalue weighted by molar-refractivity contribution is 5.82. The summed E-state index contributed by atoms with van der Waals surface area (Å²) < 4.78 is 22.0. The summed E-state index contributed by atoms with van der Waals surface area (Å²) in [6.07, 6.45) is 3.06. The van der Waals surface area contributed by atoms with Gasteiger partial charge in [-0.3, -0.25) is 0 Å². The first-order chi connectivity index (χ1) is 12.5. The van der Waals surface area contributed by atoms with E-state index >= 15 is 0 Å². The van der Waals surface area contributed by atoms with Crippen LogP contribution in [0.2, 0.25) is 0 Å². The summed E-state index contributed by atoms with van der Waals surface area (Å²) in [6, 6.07) is 0. The lowest BCUT2D eigenvalue weighted by Gasteiger charge is -2.45. The molecule has 1 saturated carbocycles. The van der Waals surface area contributed by atoms with Crippen LogP contribution < -0.4 is 0 Å². The largest absolute Gasteiger partial charge is 0.454 e. The van der Waals surface area contributed by atoms with Crippen molar-refractivity contribution in [2.45, 2.75) is 31.0 Å². The second kappa shape index (κ2) is 11.8. The van der Waals surface area contributed by atoms with Crippen LogP contribution in [-0.4, -0.2) is 73.5 Å². The summed E-state index contributed by atoms with van der Waals surface area (Å²) in [5, 5.41) is 17.9. The number of carbonyl (C=O) groups is 2. The number of ether oxygens (including phenoxy) is 4. The van der Waals surface area contributed by atoms with Gasteiger partial charge in [-0.2, -0.15) is 0 Å². The minimum Gasteiger partial charge on any atom is -0.454 e. The highest BCUT2D eigenvalue weighted by Crippen LogP contribution is 2.39. The Hall–Kier alpha value is -1.74. The number of carbonyl (C=O) groups excluding carboxylic acids is 2. The normalized spacial score (nSPS) is 25.3. The highest BCUT2D eigenvalue weighted by atomic mass is 16.6. The fraction of sp³-hybridized carbons (Fsp3) is 0.667. The molecule has 0 bridgehead atoms. The average Bonchev–Trinajstić information content (AvgIpc) is 2.64. The van der Waals surface area contributed by atoms with E-state index in [2.05, 4.69) is 13.2 Å². The van der Waals surface area contributed by atoms with Crippen molar-refractivity contribution in [3.05, 3.63) is 25.3 Å². The van der Waals surface area contributed by atoms with Crippen molar-refractivity contribution in [2.24, 2.45) is 5.92 Å². The zero-order chi connectivity index (χ0) is 19.4. The first-order valence-corrected chi connectivity index (χ1v) is 8.58. The van der Waals surface area contributed by atoms with Crippen LogP contribution in [0.25, 0.3) is 0 Å². The van der Waals surface area contributed by atoms with Gasteiger partial charge in [0.2, 0.25) is 0 Å². The molecule has 0 aromatic carbocycles. The van der Waals surface area contributed by atoms with Gasteiger partial charge in [0.15, 0.2) is 5.60 Å². The van der Waals surface area contributed by atoms with Crippen molar-refractivity contribution in [3.8, 4) is 0 Å². The monoisotopic (exact) mass is 372 g/mol. The molecule has 0 amide bonds. The van der Waals surface area contributed by atoms with Crippen molar-refractivity contribution < 1.29 is 38.7 Å². The Morgan fingerprint density at radius 2 is 1.73 bits per heavy atom. The summed E-state index contributed by atoms with van der Waals surface area (Å²) in [6.45, 7) is 6.88. The van der Waals surface area contributed by atoms with E-state index in [-0.39, 0.29) is 45.6 Å². The van der Waals surface area contributed by atoms with Crippen molar-refractivity contribution >= 4 is 11.9 Å². The fourth-order valence-corrected chi connectivity index (χ4v) is 3.08. The maximum absolute atomic E-state index is 11.9. The van der Waals surface area contributed by atoms with Crippen LogP contribution in [0.15, 0.2) is 25.3 Å². The number of hydrogen-bond acceptors (Lipinski definition) is 8. The maximum Gasteiger partial charge on any atom is 0.330 e. The molecular formula is C18H28O8. The molecule has 26 heavy (non-hydrogen) atoms. The molecule has 3 unspecified atom stereocenters. The number of aliphatic hydroxyl groups excluding tert-OH is 2. The number of esters is 2. The zero-order valence-electron chi connectivity index (χ0n) is 14.9. The number of hydrogen-bond donors (Lipinski definition) is 2. The maximum atomic E-state index is 11.9. The quantitative estimate of drug-likeness (QED) is 0.287. The smallest absolute Gasteiger partial charge is 0.330 e. The minimum atomic E-state index is -1.22. The van der Waals surface area contributed by atoms with Gasteiger partial charge in [-0.15, -0.1) is 0 Å². The molecule has 1 aliphatic carbocycles. The molecule has 0 aliphatic heterocycles. The first-order valence-electron chi connectivity index (χ1n) is 8.58. The van der Waals surface area contributed by atoms with Crippen molar-refractivity contribution in [1.29, 1.82) is 0 Å². The van der Waals surface area contributed by atoms with E-state index in [1.807, 2.05) is 0 Å². The first kappa shape index (κ1) is 22.3. The van der Waals surface area contributed by atoms with Gasteiger partial charge in [-0.05, 0) is 19.3 Å². The Morgan fingerprint density at radius 1 is 1.08 bits per heavy atom. The highest BCUT2D eigenvalue weighted by Gasteiger charge is 2.51. The molecule has 1 rings (SSSR count). The van der Waals surface area contributed by atoms with Crippen LogP contribution in [0, 0.1) is 5.92 Å². The van der Waals surface area contributed by atoms with E-state index in [1.54, 1.807) is 0 Å². The Kier molecular flexibility index (Phi) is 10.1. The van der Waals surface area contributed by atoms with Crippen molar-refractivity contribution in [2.75, 3.05) is 39.6 Å². The average molecular weight is 372 g/mol. The van der Waals surface area contributed by atoms with E-state index in [1.165, 1.54) is 0 Å². The van der Waals surface area contributed by atoms with Gasteiger partial charge in [0, 0.05) is 18.1 Å². The minimum absolute atomic E-state index is 0.0429. The molecule has 0 heterocycles. The van der Waals surface area contributed by atoms with E-state index < -0.39 is 23.6 Å². The summed E-state index contributed by atoms with van der Waals surface area (Å²) in [4.78, 5) is 23.8. The van der Waals surface area contributed by atoms with Crippen molar-refractivity contribution in [1.82, 2.24) is 0 Å². The summed E-state index contributed by atoms with van der Waals surface area (Å²) in [5.41, 5.74) is -1.22. The molecule has 3 atom stereocenters. The van der Waals surface area contributed by atoms with Crippen LogP contribution in [-0.2, 0) is 28.5 Å². The third-order valence-electron chi connectivity index (χ3n) is 4.15. The molecule has 8 heteroatoms. The lowest BCUT2D eigenvalue weighted by Crippen LogP contribution is -2.58. The van der Waals surface area contributed by atoms with E-state index in [0.29, 0.717) is 19.3 Å². The third-order valence-corrected chi connectivity index (χ3v) is 4.15. The molecule has 8 nitrogen and oxygen atoms in total. The Morgan fingerprint density at radius 3 is 2.35 bits per heavy atom. The van der Waals surface area contributed by atoms with E-state index in [0.717, 1.165) is 12.2 Å². The molecular weight excluding hydrogens is 344 g/mol. The van der Waals surface area contributed by atoms with Gasteiger partial charge in [0.05, 0.1) is 39.6 Å². The Bertz CT molecular complexity index is 478. The van der Waals surface area contributed by atoms with Crippen LogP contribution >= 0.6 is 0 Å². The molecule has 1 aliphatic rings. The van der Waals surface area contributed by atoms with Crippen LogP contribution in [0.3, 0.4) is 0 Å². The molecule has 0 spiro atoms. The second-order valence-corrected chi connectivity index (χ2v) is 5.98. The topological polar surface area (TPSA) is 112 Å². The standard InChI is InChI=1S/C18H28O8/c1-3-15(21)25-17-14(12-23-10-8-19)6-5-7-18(17,13-24-11-9-20)26-16(22)4-2/h3-4,14,17,19-20H,1-2,5-13H2. The van der Waals surface area contributed by atoms with Gasteiger partial charge in [-0.25, -0.2) is 9.59 Å². The van der Waals surface area contributed by atoms with Gasteiger partial charge in [0.25, 0.3) is 0 Å². The Balaban J connectivity index is 3.09. The zero-order valence-corrected chi connectivity index (χ0v) is 14.9.